The highest BCUT2D eigenvalue weighted by atomic mass is 16.5. The van der Waals surface area contributed by atoms with Crippen LogP contribution in [0.4, 0.5) is 11.4 Å². The van der Waals surface area contributed by atoms with Crippen LogP contribution < -0.4 is 11.1 Å². The van der Waals surface area contributed by atoms with E-state index in [2.05, 4.69) is 5.32 Å². The monoisotopic (exact) mass is 284 g/mol. The van der Waals surface area contributed by atoms with Gasteiger partial charge in [0.2, 0.25) is 0 Å². The molecule has 0 fully saturated rings. The summed E-state index contributed by atoms with van der Waals surface area (Å²) in [4.78, 5) is 12.5. The van der Waals surface area contributed by atoms with Gasteiger partial charge in [-0.25, -0.2) is 0 Å². The number of ether oxygens (including phenoxy) is 1. The number of benzene rings is 2. The molecule has 0 aliphatic carbocycles. The standard InChI is InChI=1S/C17H20N2O2/c1-11-9-10-14(18)15(12(11)2)19-17(20)16(21-3)13-7-5-4-6-8-13/h4-10,16H,18H2,1-3H3,(H,19,20). The number of carbonyl (C=O) groups is 1. The van der Waals surface area contributed by atoms with Gasteiger partial charge in [0.25, 0.3) is 5.91 Å². The molecule has 0 aromatic heterocycles. The zero-order valence-electron chi connectivity index (χ0n) is 12.5. The fourth-order valence-electron chi connectivity index (χ4n) is 2.21. The molecule has 0 aliphatic heterocycles. The minimum absolute atomic E-state index is 0.232. The predicted octanol–water partition coefficient (Wildman–Crippen LogP) is 3.21. The van der Waals surface area contributed by atoms with E-state index in [4.69, 9.17) is 10.5 Å². The summed E-state index contributed by atoms with van der Waals surface area (Å²) in [6.45, 7) is 3.92. The van der Waals surface area contributed by atoms with Gasteiger partial charge in [0.1, 0.15) is 0 Å². The molecule has 0 saturated carbocycles. The zero-order chi connectivity index (χ0) is 15.4. The minimum Gasteiger partial charge on any atom is -0.397 e. The molecule has 0 radical (unpaired) electrons. The Morgan fingerprint density at radius 2 is 1.81 bits per heavy atom. The van der Waals surface area contributed by atoms with Crippen LogP contribution in [-0.4, -0.2) is 13.0 Å². The third-order valence-corrected chi connectivity index (χ3v) is 3.59. The molecule has 1 atom stereocenters. The maximum absolute atomic E-state index is 12.5. The van der Waals surface area contributed by atoms with Gasteiger partial charge in [-0.2, -0.15) is 0 Å². The normalized spacial score (nSPS) is 12.0. The maximum Gasteiger partial charge on any atom is 0.258 e. The van der Waals surface area contributed by atoms with Crippen LogP contribution in [0.5, 0.6) is 0 Å². The first-order chi connectivity index (χ1) is 10.0. The Bertz CT molecular complexity index is 639. The van der Waals surface area contributed by atoms with Crippen molar-refractivity contribution in [3.8, 4) is 0 Å². The number of amides is 1. The number of hydrogen-bond acceptors (Lipinski definition) is 3. The smallest absolute Gasteiger partial charge is 0.258 e. The van der Waals surface area contributed by atoms with Crippen molar-refractivity contribution in [2.75, 3.05) is 18.2 Å². The molecule has 0 heterocycles. The van der Waals surface area contributed by atoms with Gasteiger partial charge in [0.15, 0.2) is 6.10 Å². The molecule has 2 aromatic carbocycles. The topological polar surface area (TPSA) is 64.3 Å². The van der Waals surface area contributed by atoms with Gasteiger partial charge in [-0.05, 0) is 36.6 Å². The quantitative estimate of drug-likeness (QED) is 0.847. The highest BCUT2D eigenvalue weighted by Gasteiger charge is 2.21. The molecule has 1 unspecified atom stereocenters. The molecular weight excluding hydrogens is 264 g/mol. The Labute approximate surface area is 124 Å². The summed E-state index contributed by atoms with van der Waals surface area (Å²) in [5.74, 6) is -0.232. The van der Waals surface area contributed by atoms with Crippen molar-refractivity contribution in [3.63, 3.8) is 0 Å². The van der Waals surface area contributed by atoms with E-state index in [-0.39, 0.29) is 5.91 Å². The van der Waals surface area contributed by atoms with Crippen LogP contribution in [0.2, 0.25) is 0 Å². The van der Waals surface area contributed by atoms with Gasteiger partial charge >= 0.3 is 0 Å². The molecule has 1 amide bonds. The number of carbonyl (C=O) groups excluding carboxylic acids is 1. The van der Waals surface area contributed by atoms with E-state index in [0.717, 1.165) is 16.7 Å². The first-order valence-corrected chi connectivity index (χ1v) is 6.79. The van der Waals surface area contributed by atoms with Gasteiger partial charge in [-0.1, -0.05) is 36.4 Å². The zero-order valence-corrected chi connectivity index (χ0v) is 12.5. The van der Waals surface area contributed by atoms with Gasteiger partial charge in [-0.15, -0.1) is 0 Å². The van der Waals surface area contributed by atoms with Crippen LogP contribution in [0.1, 0.15) is 22.8 Å². The Hall–Kier alpha value is -2.33. The molecule has 4 nitrogen and oxygen atoms in total. The molecular formula is C17H20N2O2. The number of anilines is 2. The average Bonchev–Trinajstić information content (AvgIpc) is 2.49. The molecule has 0 saturated heterocycles. The van der Waals surface area contributed by atoms with Crippen LogP contribution in [0, 0.1) is 13.8 Å². The van der Waals surface area contributed by atoms with E-state index in [1.807, 2.05) is 50.2 Å². The molecule has 0 aliphatic rings. The van der Waals surface area contributed by atoms with Crippen LogP contribution in [0.15, 0.2) is 42.5 Å². The van der Waals surface area contributed by atoms with Crippen molar-refractivity contribution in [2.45, 2.75) is 20.0 Å². The number of nitrogens with two attached hydrogens (primary N) is 1. The van der Waals surface area contributed by atoms with Crippen molar-refractivity contribution in [1.82, 2.24) is 0 Å². The van der Waals surface area contributed by atoms with Crippen LogP contribution >= 0.6 is 0 Å². The van der Waals surface area contributed by atoms with Crippen molar-refractivity contribution >= 4 is 17.3 Å². The largest absolute Gasteiger partial charge is 0.397 e. The van der Waals surface area contributed by atoms with E-state index < -0.39 is 6.10 Å². The number of nitrogen functional groups attached to an aromatic ring is 1. The summed E-state index contributed by atoms with van der Waals surface area (Å²) in [6, 6.07) is 13.1. The third-order valence-electron chi connectivity index (χ3n) is 3.59. The van der Waals surface area contributed by atoms with E-state index in [1.54, 1.807) is 6.07 Å². The Morgan fingerprint density at radius 1 is 1.14 bits per heavy atom. The van der Waals surface area contributed by atoms with Crippen molar-refractivity contribution in [3.05, 3.63) is 59.2 Å². The number of nitrogens with one attached hydrogen (secondary N) is 1. The molecule has 2 aromatic rings. The Balaban J connectivity index is 2.27. The molecule has 4 heteroatoms. The minimum atomic E-state index is -0.662. The SMILES string of the molecule is COC(C(=O)Nc1c(N)ccc(C)c1C)c1ccccc1. The second-order valence-corrected chi connectivity index (χ2v) is 4.99. The van der Waals surface area contributed by atoms with E-state index >= 15 is 0 Å². The summed E-state index contributed by atoms with van der Waals surface area (Å²) in [5.41, 5.74) is 10.0. The first-order valence-electron chi connectivity index (χ1n) is 6.79. The highest BCUT2D eigenvalue weighted by molar-refractivity contribution is 5.98. The van der Waals surface area contributed by atoms with E-state index in [9.17, 15) is 4.79 Å². The predicted molar refractivity (Wildman–Crippen MR) is 85.2 cm³/mol. The number of hydrogen-bond donors (Lipinski definition) is 2. The number of methoxy groups -OCH3 is 1. The molecule has 21 heavy (non-hydrogen) atoms. The second-order valence-electron chi connectivity index (χ2n) is 4.99. The van der Waals surface area contributed by atoms with Gasteiger partial charge in [-0.3, -0.25) is 4.79 Å². The molecule has 3 N–H and O–H groups in total. The lowest BCUT2D eigenvalue weighted by Crippen LogP contribution is -2.23. The molecule has 110 valence electrons. The van der Waals surface area contributed by atoms with E-state index in [0.29, 0.717) is 11.4 Å². The lowest BCUT2D eigenvalue weighted by atomic mass is 10.1. The maximum atomic E-state index is 12.5. The summed E-state index contributed by atoms with van der Waals surface area (Å²) in [6.07, 6.45) is -0.662. The van der Waals surface area contributed by atoms with Crippen LogP contribution in [-0.2, 0) is 9.53 Å². The molecule has 2 rings (SSSR count). The van der Waals surface area contributed by atoms with Crippen LogP contribution in [0.3, 0.4) is 0 Å². The summed E-state index contributed by atoms with van der Waals surface area (Å²) < 4.78 is 5.33. The summed E-state index contributed by atoms with van der Waals surface area (Å²) in [7, 11) is 1.52. The number of aryl methyl sites for hydroxylation is 1. The Kier molecular flexibility index (Phi) is 4.60. The fourth-order valence-corrected chi connectivity index (χ4v) is 2.21. The van der Waals surface area contributed by atoms with Gasteiger partial charge in [0.05, 0.1) is 11.4 Å². The van der Waals surface area contributed by atoms with Gasteiger partial charge in [0, 0.05) is 7.11 Å². The van der Waals surface area contributed by atoms with Crippen LogP contribution in [0.25, 0.3) is 0 Å². The lowest BCUT2D eigenvalue weighted by molar-refractivity contribution is -0.126. The Morgan fingerprint density at radius 3 is 2.43 bits per heavy atom. The highest BCUT2D eigenvalue weighted by Crippen LogP contribution is 2.27. The van der Waals surface area contributed by atoms with Crippen molar-refractivity contribution < 1.29 is 9.53 Å². The summed E-state index contributed by atoms with van der Waals surface area (Å²) in [5, 5.41) is 2.88. The third kappa shape index (κ3) is 3.23. The van der Waals surface area contributed by atoms with Crippen molar-refractivity contribution in [2.24, 2.45) is 0 Å². The van der Waals surface area contributed by atoms with Crippen molar-refractivity contribution in [1.29, 1.82) is 0 Å². The first kappa shape index (κ1) is 15.1. The van der Waals surface area contributed by atoms with E-state index in [1.165, 1.54) is 7.11 Å². The average molecular weight is 284 g/mol. The fraction of sp³-hybridized carbons (Fsp3) is 0.235. The second kappa shape index (κ2) is 6.41. The lowest BCUT2D eigenvalue weighted by Gasteiger charge is -2.18. The molecule has 0 spiro atoms. The number of rotatable bonds is 4. The summed E-state index contributed by atoms with van der Waals surface area (Å²) >= 11 is 0. The van der Waals surface area contributed by atoms with Gasteiger partial charge < -0.3 is 15.8 Å². The molecule has 0 bridgehead atoms.